The van der Waals surface area contributed by atoms with Crippen molar-refractivity contribution in [3.63, 3.8) is 0 Å². The number of carbonyl (C=O) groups excluding carboxylic acids is 3. The molecule has 202 valence electrons. The van der Waals surface area contributed by atoms with Gasteiger partial charge in [0.25, 0.3) is 5.91 Å². The molecular formula is C28H34FN5O4. The van der Waals surface area contributed by atoms with Crippen LogP contribution in [0.2, 0.25) is 0 Å². The SMILES string of the molecule is O=C1NC(=O)C(CC(=O)N2CCCC(COc3cccc(CN4CCN(c5ccccc5F)CC4)c3)C2)N1. The van der Waals surface area contributed by atoms with E-state index >= 15 is 0 Å². The van der Waals surface area contributed by atoms with E-state index in [2.05, 4.69) is 32.6 Å². The second-order valence-electron chi connectivity index (χ2n) is 10.2. The van der Waals surface area contributed by atoms with Crippen LogP contribution in [0.15, 0.2) is 48.5 Å². The molecule has 0 aromatic heterocycles. The number of piperazine rings is 1. The van der Waals surface area contributed by atoms with Crippen LogP contribution in [0.1, 0.15) is 24.8 Å². The fourth-order valence-electron chi connectivity index (χ4n) is 5.39. The Labute approximate surface area is 221 Å². The summed E-state index contributed by atoms with van der Waals surface area (Å²) in [6.45, 7) is 5.83. The number of piperidine rings is 1. The third-order valence-corrected chi connectivity index (χ3v) is 7.46. The summed E-state index contributed by atoms with van der Waals surface area (Å²) >= 11 is 0. The molecule has 3 heterocycles. The quantitative estimate of drug-likeness (QED) is 0.516. The number of nitrogens with zero attached hydrogens (tertiary/aromatic N) is 3. The Morgan fingerprint density at radius 2 is 1.84 bits per heavy atom. The number of benzene rings is 2. The number of ether oxygens (including phenoxy) is 1. The highest BCUT2D eigenvalue weighted by molar-refractivity contribution is 6.05. The first kappa shape index (κ1) is 26.0. The van der Waals surface area contributed by atoms with E-state index in [1.54, 1.807) is 11.0 Å². The molecule has 4 amide bonds. The van der Waals surface area contributed by atoms with Gasteiger partial charge in [-0.25, -0.2) is 9.18 Å². The molecule has 3 saturated heterocycles. The van der Waals surface area contributed by atoms with Crippen molar-refractivity contribution in [3.05, 3.63) is 59.9 Å². The van der Waals surface area contributed by atoms with Crippen molar-refractivity contribution >= 4 is 23.5 Å². The fourth-order valence-corrected chi connectivity index (χ4v) is 5.39. The summed E-state index contributed by atoms with van der Waals surface area (Å²) in [5.74, 6) is 0.253. The van der Waals surface area contributed by atoms with Crippen LogP contribution in [0.4, 0.5) is 14.9 Å². The van der Waals surface area contributed by atoms with Crippen molar-refractivity contribution in [3.8, 4) is 5.75 Å². The van der Waals surface area contributed by atoms with E-state index < -0.39 is 18.0 Å². The molecule has 2 aromatic carbocycles. The van der Waals surface area contributed by atoms with Gasteiger partial charge in [-0.1, -0.05) is 24.3 Å². The van der Waals surface area contributed by atoms with Gasteiger partial charge in [0.05, 0.1) is 18.7 Å². The Kier molecular flexibility index (Phi) is 8.07. The maximum Gasteiger partial charge on any atom is 0.322 e. The van der Waals surface area contributed by atoms with Crippen LogP contribution in [0.3, 0.4) is 0 Å². The van der Waals surface area contributed by atoms with Gasteiger partial charge in [-0.15, -0.1) is 0 Å². The molecule has 9 nitrogen and oxygen atoms in total. The maximum atomic E-state index is 14.1. The van der Waals surface area contributed by atoms with E-state index in [4.69, 9.17) is 4.74 Å². The molecule has 3 aliphatic heterocycles. The normalized spacial score (nSPS) is 22.2. The van der Waals surface area contributed by atoms with Gasteiger partial charge in [0, 0.05) is 51.7 Å². The number of para-hydroxylation sites is 1. The Balaban J connectivity index is 1.08. The Hall–Kier alpha value is -3.66. The van der Waals surface area contributed by atoms with Gasteiger partial charge >= 0.3 is 6.03 Å². The minimum Gasteiger partial charge on any atom is -0.493 e. The van der Waals surface area contributed by atoms with Crippen LogP contribution in [0.5, 0.6) is 5.75 Å². The van der Waals surface area contributed by atoms with Gasteiger partial charge in [0.15, 0.2) is 0 Å². The second-order valence-corrected chi connectivity index (χ2v) is 10.2. The van der Waals surface area contributed by atoms with E-state index in [1.807, 2.05) is 24.3 Å². The van der Waals surface area contributed by atoms with Crippen LogP contribution in [0, 0.1) is 11.7 Å². The molecular weight excluding hydrogens is 489 g/mol. The number of hydrogen-bond donors (Lipinski definition) is 2. The lowest BCUT2D eigenvalue weighted by Gasteiger charge is -2.36. The zero-order valence-electron chi connectivity index (χ0n) is 21.4. The Morgan fingerprint density at radius 1 is 1.03 bits per heavy atom. The summed E-state index contributed by atoms with van der Waals surface area (Å²) in [6.07, 6.45) is 1.82. The molecule has 38 heavy (non-hydrogen) atoms. The highest BCUT2D eigenvalue weighted by Gasteiger charge is 2.34. The lowest BCUT2D eigenvalue weighted by molar-refractivity contribution is -0.135. The number of hydrogen-bond acceptors (Lipinski definition) is 6. The molecule has 5 rings (SSSR count). The van der Waals surface area contributed by atoms with E-state index in [9.17, 15) is 18.8 Å². The molecule has 0 saturated carbocycles. The Bertz CT molecular complexity index is 1170. The lowest BCUT2D eigenvalue weighted by Crippen LogP contribution is -2.46. The zero-order chi connectivity index (χ0) is 26.5. The molecule has 2 unspecified atom stereocenters. The van der Waals surface area contributed by atoms with Crippen molar-refractivity contribution in [1.82, 2.24) is 20.4 Å². The van der Waals surface area contributed by atoms with Crippen molar-refractivity contribution < 1.29 is 23.5 Å². The average molecular weight is 524 g/mol. The summed E-state index contributed by atoms with van der Waals surface area (Å²) in [6, 6.07) is 13.7. The smallest absolute Gasteiger partial charge is 0.322 e. The largest absolute Gasteiger partial charge is 0.493 e. The maximum absolute atomic E-state index is 14.1. The van der Waals surface area contributed by atoms with Gasteiger partial charge in [-0.05, 0) is 42.7 Å². The molecule has 2 atom stereocenters. The van der Waals surface area contributed by atoms with Crippen LogP contribution in [-0.2, 0) is 16.1 Å². The number of urea groups is 1. The first-order chi connectivity index (χ1) is 18.4. The van der Waals surface area contributed by atoms with Gasteiger partial charge in [0.1, 0.15) is 17.6 Å². The summed E-state index contributed by atoms with van der Waals surface area (Å²) in [5.41, 5.74) is 1.83. The van der Waals surface area contributed by atoms with E-state index in [0.29, 0.717) is 25.4 Å². The van der Waals surface area contributed by atoms with Crippen molar-refractivity contribution in [1.29, 1.82) is 0 Å². The number of amides is 4. The fraction of sp³-hybridized carbons (Fsp3) is 0.464. The topological polar surface area (TPSA) is 94.2 Å². The number of halogens is 1. The molecule has 0 bridgehead atoms. The van der Waals surface area contributed by atoms with E-state index in [0.717, 1.165) is 51.3 Å². The molecule has 10 heteroatoms. The third kappa shape index (κ3) is 6.42. The van der Waals surface area contributed by atoms with Gasteiger partial charge in [-0.2, -0.15) is 0 Å². The van der Waals surface area contributed by atoms with Crippen LogP contribution in [0.25, 0.3) is 0 Å². The third-order valence-electron chi connectivity index (χ3n) is 7.46. The van der Waals surface area contributed by atoms with Gasteiger partial charge < -0.3 is 19.9 Å². The highest BCUT2D eigenvalue weighted by Crippen LogP contribution is 2.23. The Morgan fingerprint density at radius 3 is 2.61 bits per heavy atom. The first-order valence-electron chi connectivity index (χ1n) is 13.3. The lowest BCUT2D eigenvalue weighted by atomic mass is 9.98. The monoisotopic (exact) mass is 523 g/mol. The predicted octanol–water partition coefficient (Wildman–Crippen LogP) is 2.36. The molecule has 2 N–H and O–H groups in total. The number of anilines is 1. The van der Waals surface area contributed by atoms with Crippen LogP contribution < -0.4 is 20.3 Å². The van der Waals surface area contributed by atoms with Crippen LogP contribution >= 0.6 is 0 Å². The number of carbonyl (C=O) groups is 3. The van der Waals surface area contributed by atoms with Gasteiger partial charge in [0.2, 0.25) is 5.91 Å². The minimum absolute atomic E-state index is 0.0260. The molecule has 0 spiro atoms. The number of imide groups is 1. The van der Waals surface area contributed by atoms with Crippen molar-refractivity contribution in [2.75, 3.05) is 50.8 Å². The second kappa shape index (κ2) is 11.8. The number of rotatable bonds is 8. The summed E-state index contributed by atoms with van der Waals surface area (Å²) in [7, 11) is 0. The van der Waals surface area contributed by atoms with E-state index in [-0.39, 0.29) is 24.1 Å². The molecule has 0 aliphatic carbocycles. The van der Waals surface area contributed by atoms with Crippen molar-refractivity contribution in [2.24, 2.45) is 5.92 Å². The van der Waals surface area contributed by atoms with Crippen molar-refractivity contribution in [2.45, 2.75) is 31.8 Å². The zero-order valence-corrected chi connectivity index (χ0v) is 21.4. The molecule has 3 aliphatic rings. The summed E-state index contributed by atoms with van der Waals surface area (Å²) in [4.78, 5) is 42.0. The molecule has 3 fully saturated rings. The summed E-state index contributed by atoms with van der Waals surface area (Å²) in [5, 5.41) is 4.65. The van der Waals surface area contributed by atoms with E-state index in [1.165, 1.54) is 11.6 Å². The van der Waals surface area contributed by atoms with Gasteiger partial charge in [-0.3, -0.25) is 19.8 Å². The van der Waals surface area contributed by atoms with Crippen LogP contribution in [-0.4, -0.2) is 79.6 Å². The molecule has 2 aromatic rings. The predicted molar refractivity (Wildman–Crippen MR) is 140 cm³/mol. The summed E-state index contributed by atoms with van der Waals surface area (Å²) < 4.78 is 20.3. The standard InChI is InChI=1S/C28H34FN5O4/c29-23-8-1-2-9-25(23)33-13-11-32(12-14-33)17-20-5-3-7-22(15-20)38-19-21-6-4-10-34(18-21)26(35)16-24-27(36)31-28(37)30-24/h1-3,5,7-9,15,21,24H,4,6,10-14,16-19H2,(H2,30,31,36,37). The minimum atomic E-state index is -0.795. The molecule has 0 radical (unpaired) electrons. The number of likely N-dealkylation sites (tertiary alicyclic amines) is 1. The average Bonchev–Trinajstić information content (AvgIpc) is 3.24. The number of nitrogens with one attached hydrogen (secondary N) is 2. The first-order valence-corrected chi connectivity index (χ1v) is 13.3. The highest BCUT2D eigenvalue weighted by atomic mass is 19.1.